The SMILES string of the molecule is Cc1nn2nc3ccccc3c2n1Cc1ccccc1. The van der Waals surface area contributed by atoms with E-state index in [-0.39, 0.29) is 0 Å². The van der Waals surface area contributed by atoms with Gasteiger partial charge >= 0.3 is 0 Å². The number of hydrogen-bond acceptors (Lipinski definition) is 2. The minimum absolute atomic E-state index is 0.811. The van der Waals surface area contributed by atoms with Gasteiger partial charge in [0.05, 0.1) is 12.1 Å². The Labute approximate surface area is 116 Å². The Hall–Kier alpha value is -2.62. The summed E-state index contributed by atoms with van der Waals surface area (Å²) in [5.74, 6) is 0.974. The van der Waals surface area contributed by atoms with Crippen LogP contribution in [0.15, 0.2) is 54.6 Å². The van der Waals surface area contributed by atoms with E-state index in [1.807, 2.05) is 31.2 Å². The minimum Gasteiger partial charge on any atom is -0.307 e. The van der Waals surface area contributed by atoms with Crippen molar-refractivity contribution in [3.05, 3.63) is 66.0 Å². The maximum absolute atomic E-state index is 4.52. The van der Waals surface area contributed by atoms with E-state index in [2.05, 4.69) is 45.1 Å². The van der Waals surface area contributed by atoms with Crippen LogP contribution in [0.5, 0.6) is 0 Å². The van der Waals surface area contributed by atoms with E-state index in [4.69, 9.17) is 0 Å². The Morgan fingerprint density at radius 1 is 0.900 bits per heavy atom. The lowest BCUT2D eigenvalue weighted by molar-refractivity contribution is 0.780. The van der Waals surface area contributed by atoms with Gasteiger partial charge in [0.1, 0.15) is 5.82 Å². The molecular formula is C16H14N4. The first-order valence-electron chi connectivity index (χ1n) is 6.68. The molecule has 98 valence electrons. The summed E-state index contributed by atoms with van der Waals surface area (Å²) in [5.41, 5.74) is 3.31. The molecule has 20 heavy (non-hydrogen) atoms. The monoisotopic (exact) mass is 262 g/mol. The van der Waals surface area contributed by atoms with E-state index < -0.39 is 0 Å². The van der Waals surface area contributed by atoms with Crippen LogP contribution in [0.3, 0.4) is 0 Å². The summed E-state index contributed by atoms with van der Waals surface area (Å²) in [7, 11) is 0. The summed E-state index contributed by atoms with van der Waals surface area (Å²) in [6, 6.07) is 18.6. The Bertz CT molecular complexity index is 887. The molecule has 4 heteroatoms. The van der Waals surface area contributed by atoms with Crippen molar-refractivity contribution in [2.24, 2.45) is 0 Å². The van der Waals surface area contributed by atoms with Gasteiger partial charge in [0.2, 0.25) is 0 Å². The molecule has 0 aliphatic carbocycles. The maximum atomic E-state index is 4.52. The molecule has 4 nitrogen and oxygen atoms in total. The van der Waals surface area contributed by atoms with Gasteiger partial charge in [0, 0.05) is 5.39 Å². The molecular weight excluding hydrogens is 248 g/mol. The molecule has 2 heterocycles. The van der Waals surface area contributed by atoms with Crippen LogP contribution in [0.25, 0.3) is 16.6 Å². The zero-order chi connectivity index (χ0) is 13.5. The van der Waals surface area contributed by atoms with Gasteiger partial charge in [-0.25, -0.2) is 0 Å². The van der Waals surface area contributed by atoms with E-state index in [0.717, 1.165) is 28.9 Å². The van der Waals surface area contributed by atoms with Crippen molar-refractivity contribution in [1.29, 1.82) is 0 Å². The third-order valence-corrected chi connectivity index (χ3v) is 3.61. The number of benzene rings is 2. The van der Waals surface area contributed by atoms with Crippen LogP contribution in [-0.2, 0) is 6.54 Å². The molecule has 0 aliphatic rings. The molecule has 0 amide bonds. The van der Waals surface area contributed by atoms with Crippen LogP contribution in [-0.4, -0.2) is 19.4 Å². The molecule has 0 N–H and O–H groups in total. The van der Waals surface area contributed by atoms with Crippen LogP contribution in [0.4, 0.5) is 0 Å². The molecule has 0 fully saturated rings. The molecule has 2 aromatic carbocycles. The highest BCUT2D eigenvalue weighted by molar-refractivity contribution is 5.92. The summed E-state index contributed by atoms with van der Waals surface area (Å²) < 4.78 is 3.95. The third-order valence-electron chi connectivity index (χ3n) is 3.61. The Balaban J connectivity index is 1.95. The molecule has 4 rings (SSSR count). The molecule has 0 radical (unpaired) electrons. The normalized spacial score (nSPS) is 11.4. The topological polar surface area (TPSA) is 35.1 Å². The van der Waals surface area contributed by atoms with Gasteiger partial charge in [-0.2, -0.15) is 0 Å². The minimum atomic E-state index is 0.811. The zero-order valence-electron chi connectivity index (χ0n) is 11.2. The van der Waals surface area contributed by atoms with Gasteiger partial charge in [-0.3, -0.25) is 0 Å². The first-order valence-corrected chi connectivity index (χ1v) is 6.68. The lowest BCUT2D eigenvalue weighted by Gasteiger charge is -2.05. The molecule has 2 aromatic heterocycles. The molecule has 0 bridgehead atoms. The van der Waals surface area contributed by atoms with E-state index in [1.54, 1.807) is 4.63 Å². The average molecular weight is 262 g/mol. The Kier molecular flexibility index (Phi) is 2.36. The number of rotatable bonds is 2. The van der Waals surface area contributed by atoms with Crippen molar-refractivity contribution in [2.75, 3.05) is 0 Å². The number of nitrogens with zero attached hydrogens (tertiary/aromatic N) is 4. The second-order valence-electron chi connectivity index (χ2n) is 4.95. The van der Waals surface area contributed by atoms with Crippen molar-refractivity contribution in [3.8, 4) is 0 Å². The predicted molar refractivity (Wildman–Crippen MR) is 78.8 cm³/mol. The fourth-order valence-electron chi connectivity index (χ4n) is 2.63. The first-order chi connectivity index (χ1) is 9.83. The van der Waals surface area contributed by atoms with Crippen molar-refractivity contribution in [3.63, 3.8) is 0 Å². The predicted octanol–water partition coefficient (Wildman–Crippen LogP) is 3.04. The van der Waals surface area contributed by atoms with E-state index in [1.165, 1.54) is 5.56 Å². The third kappa shape index (κ3) is 1.61. The molecule has 0 saturated heterocycles. The van der Waals surface area contributed by atoms with E-state index >= 15 is 0 Å². The van der Waals surface area contributed by atoms with Crippen molar-refractivity contribution in [2.45, 2.75) is 13.5 Å². The number of fused-ring (bicyclic) bond motifs is 3. The quantitative estimate of drug-likeness (QED) is 0.556. The summed E-state index contributed by atoms with van der Waals surface area (Å²) in [5, 5.41) is 10.2. The number of aryl methyl sites for hydroxylation is 1. The van der Waals surface area contributed by atoms with Crippen LogP contribution < -0.4 is 0 Å². The molecule has 0 atom stereocenters. The van der Waals surface area contributed by atoms with Gasteiger partial charge in [-0.15, -0.1) is 14.8 Å². The van der Waals surface area contributed by atoms with Gasteiger partial charge in [0.15, 0.2) is 5.65 Å². The average Bonchev–Trinajstić information content (AvgIpc) is 2.97. The summed E-state index contributed by atoms with van der Waals surface area (Å²) in [6.07, 6.45) is 0. The van der Waals surface area contributed by atoms with Crippen LogP contribution in [0.1, 0.15) is 11.4 Å². The van der Waals surface area contributed by atoms with Crippen LogP contribution in [0.2, 0.25) is 0 Å². The van der Waals surface area contributed by atoms with Crippen LogP contribution >= 0.6 is 0 Å². The maximum Gasteiger partial charge on any atom is 0.166 e. The molecule has 0 spiro atoms. The standard InChI is InChI=1S/C16H14N4/c1-12-17-20-16(14-9-5-6-10-15(14)18-20)19(12)11-13-7-3-2-4-8-13/h2-10H,11H2,1H3. The second kappa shape index (κ2) is 4.20. The highest BCUT2D eigenvalue weighted by Gasteiger charge is 2.13. The highest BCUT2D eigenvalue weighted by Crippen LogP contribution is 2.21. The fourth-order valence-corrected chi connectivity index (χ4v) is 2.63. The van der Waals surface area contributed by atoms with Gasteiger partial charge in [-0.1, -0.05) is 42.5 Å². The van der Waals surface area contributed by atoms with Crippen molar-refractivity contribution in [1.82, 2.24) is 19.4 Å². The van der Waals surface area contributed by atoms with Gasteiger partial charge in [-0.05, 0) is 24.6 Å². The summed E-state index contributed by atoms with van der Waals surface area (Å²) in [6.45, 7) is 2.83. The number of hydrogen-bond donors (Lipinski definition) is 0. The van der Waals surface area contributed by atoms with Gasteiger partial charge < -0.3 is 4.57 Å². The van der Waals surface area contributed by atoms with Crippen molar-refractivity contribution >= 4 is 16.6 Å². The highest BCUT2D eigenvalue weighted by atomic mass is 15.5. The molecule has 0 unspecified atom stereocenters. The fraction of sp³-hybridized carbons (Fsp3) is 0.125. The number of aromatic nitrogens is 4. The lowest BCUT2D eigenvalue weighted by Crippen LogP contribution is -2.01. The molecule has 0 aliphatic heterocycles. The second-order valence-corrected chi connectivity index (χ2v) is 4.95. The smallest absolute Gasteiger partial charge is 0.166 e. The van der Waals surface area contributed by atoms with Crippen molar-refractivity contribution < 1.29 is 0 Å². The zero-order valence-corrected chi connectivity index (χ0v) is 11.2. The van der Waals surface area contributed by atoms with Gasteiger partial charge in [0.25, 0.3) is 0 Å². The molecule has 4 aromatic rings. The van der Waals surface area contributed by atoms with Crippen LogP contribution in [0, 0.1) is 6.92 Å². The van der Waals surface area contributed by atoms with E-state index in [0.29, 0.717) is 0 Å². The largest absolute Gasteiger partial charge is 0.307 e. The first kappa shape index (κ1) is 11.2. The molecule has 0 saturated carbocycles. The summed E-state index contributed by atoms with van der Waals surface area (Å²) in [4.78, 5) is 0. The van der Waals surface area contributed by atoms with E-state index in [9.17, 15) is 0 Å². The summed E-state index contributed by atoms with van der Waals surface area (Å²) >= 11 is 0. The Morgan fingerprint density at radius 2 is 1.65 bits per heavy atom. The Morgan fingerprint density at radius 3 is 2.50 bits per heavy atom. The lowest BCUT2D eigenvalue weighted by atomic mass is 10.2.